The Kier molecular flexibility index (Phi) is 3.40. The molecular formula is C7H9BrN2O2S. The first-order valence-corrected chi connectivity index (χ1v) is 6.21. The fourth-order valence-electron chi connectivity index (χ4n) is 0.750. The zero-order chi connectivity index (χ0) is 9.90. The molecule has 1 aromatic heterocycles. The first-order chi connectivity index (χ1) is 5.97. The summed E-state index contributed by atoms with van der Waals surface area (Å²) < 4.78 is 24.7. The molecule has 0 radical (unpaired) electrons. The molecule has 0 atom stereocenters. The van der Waals surface area contributed by atoms with Crippen molar-refractivity contribution in [3.05, 3.63) is 28.5 Å². The smallest absolute Gasteiger partial charge is 0.209 e. The molecule has 0 bridgehead atoms. The molecule has 0 amide bonds. The van der Waals surface area contributed by atoms with Crippen LogP contribution in [0.25, 0.3) is 0 Å². The molecule has 0 saturated carbocycles. The third-order valence-electron chi connectivity index (χ3n) is 1.29. The normalized spacial score (nSPS) is 11.5. The maximum atomic E-state index is 10.7. The summed E-state index contributed by atoms with van der Waals surface area (Å²) in [4.78, 5) is 3.99. The molecule has 0 fully saturated rings. The average Bonchev–Trinajstić information content (AvgIpc) is 2.00. The molecule has 1 heterocycles. The Balaban J connectivity index is 2.65. The minimum Gasteiger partial charge on any atom is -0.260 e. The van der Waals surface area contributed by atoms with Crippen molar-refractivity contribution in [3.8, 4) is 0 Å². The van der Waals surface area contributed by atoms with Crippen LogP contribution in [0.4, 0.5) is 0 Å². The number of nitrogens with one attached hydrogen (secondary N) is 1. The Morgan fingerprint density at radius 3 is 2.85 bits per heavy atom. The molecule has 4 nitrogen and oxygen atoms in total. The van der Waals surface area contributed by atoms with Crippen LogP contribution in [0, 0.1) is 0 Å². The van der Waals surface area contributed by atoms with Gasteiger partial charge in [-0.15, -0.1) is 0 Å². The van der Waals surface area contributed by atoms with E-state index >= 15 is 0 Å². The van der Waals surface area contributed by atoms with Gasteiger partial charge in [-0.3, -0.25) is 4.98 Å². The third-order valence-corrected chi connectivity index (χ3v) is 2.46. The minimum atomic E-state index is -3.14. The molecule has 0 spiro atoms. The van der Waals surface area contributed by atoms with Gasteiger partial charge in [0, 0.05) is 10.7 Å². The molecule has 0 aromatic carbocycles. The van der Waals surface area contributed by atoms with E-state index in [1.807, 2.05) is 0 Å². The molecule has 1 N–H and O–H groups in total. The van der Waals surface area contributed by atoms with Crippen LogP contribution in [-0.2, 0) is 16.6 Å². The number of hydrogen-bond acceptors (Lipinski definition) is 3. The fourth-order valence-corrected chi connectivity index (χ4v) is 1.54. The van der Waals surface area contributed by atoms with Crippen LogP contribution in [0.15, 0.2) is 22.8 Å². The first kappa shape index (κ1) is 10.6. The molecule has 0 aliphatic rings. The van der Waals surface area contributed by atoms with Crippen molar-refractivity contribution in [2.24, 2.45) is 0 Å². The number of rotatable bonds is 3. The van der Waals surface area contributed by atoms with Gasteiger partial charge in [0.05, 0.1) is 18.5 Å². The van der Waals surface area contributed by atoms with Gasteiger partial charge in [0.15, 0.2) is 0 Å². The summed E-state index contributed by atoms with van der Waals surface area (Å²) in [6, 6.07) is 3.54. The Hall–Kier alpha value is -0.460. The van der Waals surface area contributed by atoms with Crippen LogP contribution >= 0.6 is 15.9 Å². The summed E-state index contributed by atoms with van der Waals surface area (Å²) in [5.74, 6) is 0. The number of aromatic nitrogens is 1. The zero-order valence-corrected chi connectivity index (χ0v) is 9.39. The highest BCUT2D eigenvalue weighted by Gasteiger charge is 2.01. The van der Waals surface area contributed by atoms with Crippen LogP contribution in [0.2, 0.25) is 0 Å². The van der Waals surface area contributed by atoms with Crippen molar-refractivity contribution >= 4 is 26.0 Å². The maximum Gasteiger partial charge on any atom is 0.209 e. The monoisotopic (exact) mass is 264 g/mol. The predicted molar refractivity (Wildman–Crippen MR) is 53.6 cm³/mol. The lowest BCUT2D eigenvalue weighted by Crippen LogP contribution is -2.21. The second-order valence-corrected chi connectivity index (χ2v) is 5.31. The lowest BCUT2D eigenvalue weighted by molar-refractivity contribution is 0.586. The highest BCUT2D eigenvalue weighted by atomic mass is 79.9. The van der Waals surface area contributed by atoms with Gasteiger partial charge in [-0.05, 0) is 12.1 Å². The van der Waals surface area contributed by atoms with Crippen LogP contribution < -0.4 is 4.72 Å². The number of hydrogen-bond donors (Lipinski definition) is 1. The fraction of sp³-hybridized carbons (Fsp3) is 0.286. The molecule has 13 heavy (non-hydrogen) atoms. The second-order valence-electron chi connectivity index (χ2n) is 2.56. The van der Waals surface area contributed by atoms with Crippen molar-refractivity contribution in [2.75, 3.05) is 6.26 Å². The van der Waals surface area contributed by atoms with Gasteiger partial charge in [0.25, 0.3) is 0 Å². The Bertz CT molecular complexity index is 391. The standard InChI is InChI=1S/C7H9BrN2O2S/c1-13(11,12)10-5-7-4-6(8)2-3-9-7/h2-4,10H,5H2,1H3. The summed E-state index contributed by atoms with van der Waals surface area (Å²) in [6.07, 6.45) is 2.73. The summed E-state index contributed by atoms with van der Waals surface area (Å²) in [5, 5.41) is 0. The Labute approximate surface area is 85.6 Å². The summed E-state index contributed by atoms with van der Waals surface area (Å²) >= 11 is 3.27. The summed E-state index contributed by atoms with van der Waals surface area (Å²) in [6.45, 7) is 0.221. The number of halogens is 1. The van der Waals surface area contributed by atoms with E-state index < -0.39 is 10.0 Å². The highest BCUT2D eigenvalue weighted by Crippen LogP contribution is 2.08. The number of nitrogens with zero attached hydrogens (tertiary/aromatic N) is 1. The van der Waals surface area contributed by atoms with Crippen molar-refractivity contribution in [3.63, 3.8) is 0 Å². The van der Waals surface area contributed by atoms with E-state index in [2.05, 4.69) is 25.6 Å². The lowest BCUT2D eigenvalue weighted by Gasteiger charge is -2.01. The largest absolute Gasteiger partial charge is 0.260 e. The van der Waals surface area contributed by atoms with E-state index in [4.69, 9.17) is 0 Å². The van der Waals surface area contributed by atoms with Gasteiger partial charge in [-0.25, -0.2) is 13.1 Å². The van der Waals surface area contributed by atoms with Gasteiger partial charge in [0.1, 0.15) is 0 Å². The maximum absolute atomic E-state index is 10.7. The number of sulfonamides is 1. The van der Waals surface area contributed by atoms with E-state index in [1.54, 1.807) is 18.3 Å². The second kappa shape index (κ2) is 4.17. The zero-order valence-electron chi connectivity index (χ0n) is 6.99. The van der Waals surface area contributed by atoms with Gasteiger partial charge >= 0.3 is 0 Å². The van der Waals surface area contributed by atoms with Crippen LogP contribution in [0.5, 0.6) is 0 Å². The van der Waals surface area contributed by atoms with Gasteiger partial charge in [-0.2, -0.15) is 0 Å². The molecule has 1 rings (SSSR count). The van der Waals surface area contributed by atoms with E-state index in [1.165, 1.54) is 0 Å². The molecule has 1 aromatic rings. The summed E-state index contributed by atoms with van der Waals surface area (Å²) in [7, 11) is -3.14. The Morgan fingerprint density at radius 1 is 1.62 bits per heavy atom. The minimum absolute atomic E-state index is 0.221. The molecule has 0 aliphatic heterocycles. The third kappa shape index (κ3) is 4.35. The molecule has 72 valence electrons. The van der Waals surface area contributed by atoms with E-state index in [-0.39, 0.29) is 6.54 Å². The summed E-state index contributed by atoms with van der Waals surface area (Å²) in [5.41, 5.74) is 0.680. The van der Waals surface area contributed by atoms with Crippen LogP contribution in [0.1, 0.15) is 5.69 Å². The van der Waals surface area contributed by atoms with Gasteiger partial charge < -0.3 is 0 Å². The van der Waals surface area contributed by atoms with Crippen molar-refractivity contribution < 1.29 is 8.42 Å². The Morgan fingerprint density at radius 2 is 2.31 bits per heavy atom. The van der Waals surface area contributed by atoms with Gasteiger partial charge in [0.2, 0.25) is 10.0 Å². The molecule has 0 saturated heterocycles. The molecular weight excluding hydrogens is 256 g/mol. The molecule has 0 unspecified atom stereocenters. The number of pyridine rings is 1. The SMILES string of the molecule is CS(=O)(=O)NCc1cc(Br)ccn1. The van der Waals surface area contributed by atoms with E-state index in [0.717, 1.165) is 10.7 Å². The van der Waals surface area contributed by atoms with Crippen molar-refractivity contribution in [1.82, 2.24) is 9.71 Å². The predicted octanol–water partition coefficient (Wildman–Crippen LogP) is 0.893. The average molecular weight is 265 g/mol. The van der Waals surface area contributed by atoms with Crippen LogP contribution in [0.3, 0.4) is 0 Å². The topological polar surface area (TPSA) is 59.1 Å². The lowest BCUT2D eigenvalue weighted by atomic mass is 10.4. The molecule has 6 heteroatoms. The van der Waals surface area contributed by atoms with Crippen molar-refractivity contribution in [2.45, 2.75) is 6.54 Å². The van der Waals surface area contributed by atoms with Crippen LogP contribution in [-0.4, -0.2) is 19.7 Å². The quantitative estimate of drug-likeness (QED) is 0.883. The first-order valence-electron chi connectivity index (χ1n) is 3.52. The van der Waals surface area contributed by atoms with Crippen molar-refractivity contribution in [1.29, 1.82) is 0 Å². The molecule has 0 aliphatic carbocycles. The highest BCUT2D eigenvalue weighted by molar-refractivity contribution is 9.10. The van der Waals surface area contributed by atoms with Gasteiger partial charge in [-0.1, -0.05) is 15.9 Å². The van der Waals surface area contributed by atoms with E-state index in [9.17, 15) is 8.42 Å². The van der Waals surface area contributed by atoms with E-state index in [0.29, 0.717) is 5.69 Å².